The van der Waals surface area contributed by atoms with Crippen LogP contribution in [0.5, 0.6) is 0 Å². The largest absolute Gasteiger partial charge is 0.361 e. The zero-order valence-corrected chi connectivity index (χ0v) is 12.5. The van der Waals surface area contributed by atoms with Crippen molar-refractivity contribution >= 4 is 28.4 Å². The Morgan fingerprint density at radius 3 is 2.86 bits per heavy atom. The molecule has 112 valence electrons. The van der Waals surface area contributed by atoms with Crippen molar-refractivity contribution in [3.63, 3.8) is 0 Å². The zero-order valence-electron chi connectivity index (χ0n) is 11.7. The van der Waals surface area contributed by atoms with Gasteiger partial charge in [0.05, 0.1) is 5.56 Å². The van der Waals surface area contributed by atoms with Crippen molar-refractivity contribution in [2.75, 3.05) is 6.54 Å². The van der Waals surface area contributed by atoms with Gasteiger partial charge in [0.25, 0.3) is 5.91 Å². The number of hydrogen-bond donors (Lipinski definition) is 2. The number of nitrogens with one attached hydrogen (secondary N) is 2. The molecule has 1 amide bonds. The lowest BCUT2D eigenvalue weighted by atomic mass is 10.1. The van der Waals surface area contributed by atoms with Gasteiger partial charge >= 0.3 is 0 Å². The van der Waals surface area contributed by atoms with Gasteiger partial charge in [-0.3, -0.25) is 4.79 Å². The molecular formula is C17H14ClFN2O. The summed E-state index contributed by atoms with van der Waals surface area (Å²) in [7, 11) is 0. The van der Waals surface area contributed by atoms with E-state index in [1.807, 2.05) is 24.4 Å². The van der Waals surface area contributed by atoms with Crippen molar-refractivity contribution in [1.82, 2.24) is 10.3 Å². The van der Waals surface area contributed by atoms with Crippen LogP contribution in [0.3, 0.4) is 0 Å². The molecule has 2 N–H and O–H groups in total. The SMILES string of the molecule is O=C(NCCc1c[nH]c2cc(Cl)ccc12)c1ccccc1F. The highest BCUT2D eigenvalue weighted by Gasteiger charge is 2.10. The summed E-state index contributed by atoms with van der Waals surface area (Å²) in [5, 5.41) is 4.48. The van der Waals surface area contributed by atoms with Crippen molar-refractivity contribution in [1.29, 1.82) is 0 Å². The molecule has 3 rings (SSSR count). The number of carbonyl (C=O) groups excluding carboxylic acids is 1. The fourth-order valence-electron chi connectivity index (χ4n) is 2.42. The standard InChI is InChI=1S/C17H14ClFN2O/c18-12-5-6-13-11(10-21-16(13)9-12)7-8-20-17(22)14-3-1-2-4-15(14)19/h1-6,9-10,21H,7-8H2,(H,20,22). The van der Waals surface area contributed by atoms with Gasteiger partial charge < -0.3 is 10.3 Å². The zero-order chi connectivity index (χ0) is 15.5. The first kappa shape index (κ1) is 14.6. The van der Waals surface area contributed by atoms with Crippen LogP contribution in [-0.4, -0.2) is 17.4 Å². The third kappa shape index (κ3) is 2.97. The number of H-pyrrole nitrogens is 1. The van der Waals surface area contributed by atoms with Crippen LogP contribution in [0.1, 0.15) is 15.9 Å². The summed E-state index contributed by atoms with van der Waals surface area (Å²) in [6.07, 6.45) is 2.55. The summed E-state index contributed by atoms with van der Waals surface area (Å²) in [5.74, 6) is -0.914. The Hall–Kier alpha value is -2.33. The second-order valence-electron chi connectivity index (χ2n) is 4.99. The van der Waals surface area contributed by atoms with E-state index in [1.165, 1.54) is 12.1 Å². The summed E-state index contributed by atoms with van der Waals surface area (Å²) in [6.45, 7) is 0.433. The highest BCUT2D eigenvalue weighted by Crippen LogP contribution is 2.22. The Bertz CT molecular complexity index is 828. The maximum Gasteiger partial charge on any atom is 0.254 e. The Balaban J connectivity index is 1.65. The van der Waals surface area contributed by atoms with Gasteiger partial charge in [-0.25, -0.2) is 4.39 Å². The van der Waals surface area contributed by atoms with E-state index in [9.17, 15) is 9.18 Å². The average Bonchev–Trinajstić information content (AvgIpc) is 2.90. The molecule has 1 aromatic heterocycles. The number of carbonyl (C=O) groups is 1. The van der Waals surface area contributed by atoms with Gasteiger partial charge in [0.2, 0.25) is 0 Å². The molecule has 0 unspecified atom stereocenters. The minimum Gasteiger partial charge on any atom is -0.361 e. The summed E-state index contributed by atoms with van der Waals surface area (Å²) in [5.41, 5.74) is 2.11. The van der Waals surface area contributed by atoms with Gasteiger partial charge in [0, 0.05) is 28.7 Å². The minimum absolute atomic E-state index is 0.0632. The molecule has 0 fully saturated rings. The smallest absolute Gasteiger partial charge is 0.254 e. The van der Waals surface area contributed by atoms with E-state index in [0.29, 0.717) is 18.0 Å². The molecular weight excluding hydrogens is 303 g/mol. The number of rotatable bonds is 4. The predicted molar refractivity (Wildman–Crippen MR) is 85.7 cm³/mol. The van der Waals surface area contributed by atoms with Crippen LogP contribution in [0.2, 0.25) is 5.02 Å². The van der Waals surface area contributed by atoms with E-state index in [4.69, 9.17) is 11.6 Å². The molecule has 2 aromatic carbocycles. The first-order valence-electron chi connectivity index (χ1n) is 6.93. The molecule has 3 aromatic rings. The molecule has 3 nitrogen and oxygen atoms in total. The normalized spacial score (nSPS) is 10.8. The van der Waals surface area contributed by atoms with Crippen molar-refractivity contribution in [3.05, 3.63) is 70.6 Å². The number of aromatic amines is 1. The van der Waals surface area contributed by atoms with Gasteiger partial charge in [0.15, 0.2) is 0 Å². The predicted octanol–water partition coefficient (Wildman–Crippen LogP) is 3.93. The maximum absolute atomic E-state index is 13.5. The van der Waals surface area contributed by atoms with Gasteiger partial charge in [-0.15, -0.1) is 0 Å². The van der Waals surface area contributed by atoms with Crippen LogP contribution in [0, 0.1) is 5.82 Å². The second kappa shape index (κ2) is 6.20. The Morgan fingerprint density at radius 1 is 1.23 bits per heavy atom. The molecule has 0 saturated carbocycles. The average molecular weight is 317 g/mol. The third-order valence-corrected chi connectivity index (χ3v) is 3.76. The van der Waals surface area contributed by atoms with Crippen LogP contribution >= 0.6 is 11.6 Å². The lowest BCUT2D eigenvalue weighted by Gasteiger charge is -2.05. The molecule has 1 heterocycles. The lowest BCUT2D eigenvalue weighted by molar-refractivity contribution is 0.0950. The lowest BCUT2D eigenvalue weighted by Crippen LogP contribution is -2.26. The van der Waals surface area contributed by atoms with Crippen LogP contribution < -0.4 is 5.32 Å². The third-order valence-electron chi connectivity index (χ3n) is 3.53. The highest BCUT2D eigenvalue weighted by atomic mass is 35.5. The number of aromatic nitrogens is 1. The van der Waals surface area contributed by atoms with Crippen LogP contribution in [-0.2, 0) is 6.42 Å². The van der Waals surface area contributed by atoms with E-state index >= 15 is 0 Å². The number of hydrogen-bond acceptors (Lipinski definition) is 1. The van der Waals surface area contributed by atoms with E-state index in [0.717, 1.165) is 16.5 Å². The van der Waals surface area contributed by atoms with Gasteiger partial charge in [-0.1, -0.05) is 29.8 Å². The number of amides is 1. The van der Waals surface area contributed by atoms with E-state index in [-0.39, 0.29) is 5.56 Å². The van der Waals surface area contributed by atoms with Crippen molar-refractivity contribution in [2.24, 2.45) is 0 Å². The summed E-state index contributed by atoms with van der Waals surface area (Å²) in [4.78, 5) is 15.1. The Kier molecular flexibility index (Phi) is 4.11. The molecule has 0 atom stereocenters. The first-order valence-corrected chi connectivity index (χ1v) is 7.31. The minimum atomic E-state index is -0.512. The molecule has 0 radical (unpaired) electrons. The van der Waals surface area contributed by atoms with Gasteiger partial charge in [-0.05, 0) is 36.2 Å². The topological polar surface area (TPSA) is 44.9 Å². The number of benzene rings is 2. The molecule has 5 heteroatoms. The van der Waals surface area contributed by atoms with Gasteiger partial charge in [0.1, 0.15) is 5.82 Å². The Labute approximate surface area is 132 Å². The van der Waals surface area contributed by atoms with E-state index < -0.39 is 11.7 Å². The summed E-state index contributed by atoms with van der Waals surface area (Å²) >= 11 is 5.94. The monoisotopic (exact) mass is 316 g/mol. The Morgan fingerprint density at radius 2 is 2.05 bits per heavy atom. The fraction of sp³-hybridized carbons (Fsp3) is 0.118. The molecule has 0 spiro atoms. The van der Waals surface area contributed by atoms with Crippen LogP contribution in [0.25, 0.3) is 10.9 Å². The molecule has 0 aliphatic heterocycles. The second-order valence-corrected chi connectivity index (χ2v) is 5.43. The van der Waals surface area contributed by atoms with Crippen molar-refractivity contribution < 1.29 is 9.18 Å². The maximum atomic E-state index is 13.5. The molecule has 0 bridgehead atoms. The van der Waals surface area contributed by atoms with Crippen molar-refractivity contribution in [3.8, 4) is 0 Å². The van der Waals surface area contributed by atoms with E-state index in [1.54, 1.807) is 12.1 Å². The summed E-state index contributed by atoms with van der Waals surface area (Å²) in [6, 6.07) is 11.6. The van der Waals surface area contributed by atoms with Crippen LogP contribution in [0.4, 0.5) is 4.39 Å². The molecule has 0 aliphatic rings. The first-order chi connectivity index (χ1) is 10.6. The van der Waals surface area contributed by atoms with Crippen molar-refractivity contribution in [2.45, 2.75) is 6.42 Å². The summed E-state index contributed by atoms with van der Waals surface area (Å²) < 4.78 is 13.5. The molecule has 22 heavy (non-hydrogen) atoms. The number of fused-ring (bicyclic) bond motifs is 1. The highest BCUT2D eigenvalue weighted by molar-refractivity contribution is 6.31. The van der Waals surface area contributed by atoms with Gasteiger partial charge in [-0.2, -0.15) is 0 Å². The quantitative estimate of drug-likeness (QED) is 0.752. The number of halogens is 2. The molecule has 0 saturated heterocycles. The van der Waals surface area contributed by atoms with Crippen LogP contribution in [0.15, 0.2) is 48.7 Å². The molecule has 0 aliphatic carbocycles. The van der Waals surface area contributed by atoms with E-state index in [2.05, 4.69) is 10.3 Å². The fourth-order valence-corrected chi connectivity index (χ4v) is 2.59.